The van der Waals surface area contributed by atoms with Gasteiger partial charge in [0.25, 0.3) is 0 Å². The van der Waals surface area contributed by atoms with Crippen molar-refractivity contribution in [3.8, 4) is 0 Å². The molecule has 32 heavy (non-hydrogen) atoms. The lowest BCUT2D eigenvalue weighted by molar-refractivity contribution is -0.133. The molecular weight excluding hydrogens is 404 g/mol. The van der Waals surface area contributed by atoms with Gasteiger partial charge < -0.3 is 25.6 Å². The first kappa shape index (κ1) is 23.1. The molecule has 2 atom stereocenters. The van der Waals surface area contributed by atoms with Gasteiger partial charge in [0, 0.05) is 25.7 Å². The molecule has 7 nitrogen and oxygen atoms in total. The number of hydrogen-bond acceptors (Lipinski definition) is 4. The van der Waals surface area contributed by atoms with Crippen LogP contribution in [0.4, 0.5) is 4.79 Å². The van der Waals surface area contributed by atoms with Crippen molar-refractivity contribution in [2.24, 2.45) is 11.7 Å². The van der Waals surface area contributed by atoms with Gasteiger partial charge >= 0.3 is 6.03 Å². The van der Waals surface area contributed by atoms with E-state index in [-0.39, 0.29) is 29.9 Å². The first-order valence-corrected chi connectivity index (χ1v) is 12.3. The molecule has 0 spiro atoms. The van der Waals surface area contributed by atoms with Gasteiger partial charge in [-0.2, -0.15) is 0 Å². The molecule has 0 radical (unpaired) electrons. The highest BCUT2D eigenvalue weighted by atomic mass is 16.5. The summed E-state index contributed by atoms with van der Waals surface area (Å²) in [7, 11) is 0. The van der Waals surface area contributed by atoms with Gasteiger partial charge in [-0.05, 0) is 62.8 Å². The van der Waals surface area contributed by atoms with E-state index in [9.17, 15) is 9.59 Å². The number of urea groups is 1. The van der Waals surface area contributed by atoms with Gasteiger partial charge in [0.05, 0.1) is 25.3 Å². The minimum absolute atomic E-state index is 0.0247. The summed E-state index contributed by atoms with van der Waals surface area (Å²) in [6, 6.07) is 10.1. The summed E-state index contributed by atoms with van der Waals surface area (Å²) in [5, 5.41) is 3.24. The Labute approximate surface area is 191 Å². The van der Waals surface area contributed by atoms with Crippen LogP contribution in [0.15, 0.2) is 30.3 Å². The van der Waals surface area contributed by atoms with Gasteiger partial charge in [-0.25, -0.2) is 4.79 Å². The normalized spacial score (nSPS) is 26.8. The van der Waals surface area contributed by atoms with Crippen molar-refractivity contribution >= 4 is 11.9 Å². The fourth-order valence-electron chi connectivity index (χ4n) is 5.39. The Bertz CT molecular complexity index is 745. The highest BCUT2D eigenvalue weighted by molar-refractivity contribution is 5.82. The molecule has 0 unspecified atom stereocenters. The van der Waals surface area contributed by atoms with Crippen LogP contribution in [0.25, 0.3) is 0 Å². The smallest absolute Gasteiger partial charge is 0.317 e. The zero-order valence-electron chi connectivity index (χ0n) is 19.1. The van der Waals surface area contributed by atoms with Crippen molar-refractivity contribution in [2.75, 3.05) is 26.2 Å². The van der Waals surface area contributed by atoms with E-state index < -0.39 is 6.04 Å². The van der Waals surface area contributed by atoms with Crippen LogP contribution in [0.3, 0.4) is 0 Å². The summed E-state index contributed by atoms with van der Waals surface area (Å²) < 4.78 is 5.91. The van der Waals surface area contributed by atoms with E-state index in [0.717, 1.165) is 76.6 Å². The Balaban J connectivity index is 1.19. The molecular formula is C25H38N4O3. The van der Waals surface area contributed by atoms with Crippen molar-refractivity contribution in [3.05, 3.63) is 35.9 Å². The van der Waals surface area contributed by atoms with E-state index in [1.807, 2.05) is 28.0 Å². The summed E-state index contributed by atoms with van der Waals surface area (Å²) in [6.07, 6.45) is 7.76. The van der Waals surface area contributed by atoms with Crippen LogP contribution < -0.4 is 11.1 Å². The molecule has 1 saturated carbocycles. The number of nitrogens with zero attached hydrogens (tertiary/aromatic N) is 2. The number of amides is 3. The van der Waals surface area contributed by atoms with E-state index in [1.54, 1.807) is 0 Å². The van der Waals surface area contributed by atoms with E-state index >= 15 is 0 Å². The second-order valence-corrected chi connectivity index (χ2v) is 9.61. The number of rotatable bonds is 7. The molecule has 3 fully saturated rings. The molecule has 176 valence electrons. The zero-order valence-corrected chi connectivity index (χ0v) is 19.1. The number of nitrogens with one attached hydrogen (secondary N) is 1. The molecule has 3 aliphatic rings. The number of carbonyl (C=O) groups is 2. The lowest BCUT2D eigenvalue weighted by Gasteiger charge is -2.34. The third kappa shape index (κ3) is 5.81. The van der Waals surface area contributed by atoms with E-state index in [4.69, 9.17) is 10.5 Å². The standard InChI is InChI=1S/C25H38N4O3/c26-23(24(30)28-14-4-5-15-28)20-10-12-21(13-11-20)27-25(31)29-16-6-9-22(29)18-32-17-19-7-2-1-3-8-19/h1-3,7-8,20-23H,4-6,9-18,26H2,(H,27,31)/t20-,21-,22-,23-/m0/s1. The summed E-state index contributed by atoms with van der Waals surface area (Å²) in [6.45, 7) is 3.64. The Morgan fingerprint density at radius 3 is 2.44 bits per heavy atom. The molecule has 2 saturated heterocycles. The molecule has 0 aromatic heterocycles. The maximum atomic E-state index is 12.9. The minimum atomic E-state index is -0.394. The Morgan fingerprint density at radius 2 is 1.72 bits per heavy atom. The van der Waals surface area contributed by atoms with Crippen LogP contribution >= 0.6 is 0 Å². The number of carbonyl (C=O) groups excluding carboxylic acids is 2. The zero-order chi connectivity index (χ0) is 22.3. The molecule has 1 aromatic rings. The monoisotopic (exact) mass is 442 g/mol. The fraction of sp³-hybridized carbons (Fsp3) is 0.680. The summed E-state index contributed by atoms with van der Waals surface area (Å²) in [5.41, 5.74) is 7.48. The minimum Gasteiger partial charge on any atom is -0.375 e. The van der Waals surface area contributed by atoms with E-state index in [2.05, 4.69) is 17.4 Å². The summed E-state index contributed by atoms with van der Waals surface area (Å²) in [4.78, 5) is 29.4. The molecule has 4 rings (SSSR count). The maximum absolute atomic E-state index is 12.9. The second kappa shape index (κ2) is 11.1. The SMILES string of the molecule is N[C@H](C(=O)N1CCCC1)[C@H]1CC[C@H](NC(=O)N2CCC[C@H]2COCc2ccccc2)CC1. The highest BCUT2D eigenvalue weighted by Gasteiger charge is 2.35. The number of ether oxygens (including phenoxy) is 1. The average Bonchev–Trinajstić information content (AvgIpc) is 3.52. The fourth-order valence-corrected chi connectivity index (χ4v) is 5.39. The predicted molar refractivity (Wildman–Crippen MR) is 124 cm³/mol. The highest BCUT2D eigenvalue weighted by Crippen LogP contribution is 2.28. The lowest BCUT2D eigenvalue weighted by Crippen LogP contribution is -2.51. The van der Waals surface area contributed by atoms with Crippen molar-refractivity contribution in [2.45, 2.75) is 76.1 Å². The molecule has 7 heteroatoms. The second-order valence-electron chi connectivity index (χ2n) is 9.61. The summed E-state index contributed by atoms with van der Waals surface area (Å²) >= 11 is 0. The largest absolute Gasteiger partial charge is 0.375 e. The lowest BCUT2D eigenvalue weighted by atomic mass is 9.81. The molecule has 2 aliphatic heterocycles. The Morgan fingerprint density at radius 1 is 1.00 bits per heavy atom. The third-order valence-corrected chi connectivity index (χ3v) is 7.37. The number of hydrogen-bond donors (Lipinski definition) is 2. The molecule has 3 N–H and O–H groups in total. The van der Waals surface area contributed by atoms with Gasteiger partial charge in [0.2, 0.25) is 5.91 Å². The molecule has 1 aliphatic carbocycles. The van der Waals surface area contributed by atoms with Crippen molar-refractivity contribution in [1.29, 1.82) is 0 Å². The first-order chi connectivity index (χ1) is 15.6. The van der Waals surface area contributed by atoms with Crippen LogP contribution in [0.2, 0.25) is 0 Å². The summed E-state index contributed by atoms with van der Waals surface area (Å²) in [5.74, 6) is 0.340. The van der Waals surface area contributed by atoms with Crippen LogP contribution in [0.1, 0.15) is 56.9 Å². The number of likely N-dealkylation sites (tertiary alicyclic amines) is 2. The quantitative estimate of drug-likeness (QED) is 0.680. The third-order valence-electron chi connectivity index (χ3n) is 7.37. The maximum Gasteiger partial charge on any atom is 0.317 e. The van der Waals surface area contributed by atoms with Gasteiger partial charge in [-0.3, -0.25) is 4.79 Å². The Kier molecular flexibility index (Phi) is 8.03. The number of nitrogens with two attached hydrogens (primary N) is 1. The van der Waals surface area contributed by atoms with Crippen molar-refractivity contribution in [3.63, 3.8) is 0 Å². The number of benzene rings is 1. The van der Waals surface area contributed by atoms with Crippen molar-refractivity contribution < 1.29 is 14.3 Å². The molecule has 2 heterocycles. The van der Waals surface area contributed by atoms with Crippen molar-refractivity contribution in [1.82, 2.24) is 15.1 Å². The van der Waals surface area contributed by atoms with Crippen LogP contribution in [0.5, 0.6) is 0 Å². The van der Waals surface area contributed by atoms with Crippen LogP contribution in [-0.4, -0.2) is 66.1 Å². The topological polar surface area (TPSA) is 87.9 Å². The van der Waals surface area contributed by atoms with Gasteiger partial charge in [-0.1, -0.05) is 30.3 Å². The van der Waals surface area contributed by atoms with Crippen LogP contribution in [-0.2, 0) is 16.1 Å². The van der Waals surface area contributed by atoms with Gasteiger partial charge in [0.15, 0.2) is 0 Å². The Hall–Kier alpha value is -2.12. The van der Waals surface area contributed by atoms with E-state index in [1.165, 1.54) is 0 Å². The van der Waals surface area contributed by atoms with Gasteiger partial charge in [0.1, 0.15) is 0 Å². The molecule has 3 amide bonds. The predicted octanol–water partition coefficient (Wildman–Crippen LogP) is 2.89. The molecule has 1 aromatic carbocycles. The first-order valence-electron chi connectivity index (χ1n) is 12.3. The average molecular weight is 443 g/mol. The van der Waals surface area contributed by atoms with E-state index in [0.29, 0.717) is 13.2 Å². The van der Waals surface area contributed by atoms with Crippen LogP contribution in [0, 0.1) is 5.92 Å². The molecule has 0 bridgehead atoms. The van der Waals surface area contributed by atoms with Gasteiger partial charge in [-0.15, -0.1) is 0 Å².